The minimum absolute atomic E-state index is 0.321. The Kier molecular flexibility index (Phi) is 5.48. The van der Waals surface area contributed by atoms with E-state index in [0.29, 0.717) is 27.8 Å². The summed E-state index contributed by atoms with van der Waals surface area (Å²) in [7, 11) is 0. The highest BCUT2D eigenvalue weighted by atomic mass is 35.5. The van der Waals surface area contributed by atoms with Crippen molar-refractivity contribution < 1.29 is 4.79 Å². The third-order valence-electron chi connectivity index (χ3n) is 3.38. The molecule has 5 nitrogen and oxygen atoms in total. The van der Waals surface area contributed by atoms with Gasteiger partial charge in [-0.05, 0) is 36.4 Å². The van der Waals surface area contributed by atoms with E-state index in [9.17, 15) is 4.79 Å². The van der Waals surface area contributed by atoms with Gasteiger partial charge in [-0.15, -0.1) is 0 Å². The lowest BCUT2D eigenvalue weighted by atomic mass is 10.2. The summed E-state index contributed by atoms with van der Waals surface area (Å²) in [4.78, 5) is 20.7. The smallest absolute Gasteiger partial charge is 0.257 e. The van der Waals surface area contributed by atoms with E-state index in [1.807, 2.05) is 18.2 Å². The Morgan fingerprint density at radius 1 is 1.08 bits per heavy atom. The number of carbonyl (C=O) groups is 1. The fourth-order valence-electron chi connectivity index (χ4n) is 2.14. The van der Waals surface area contributed by atoms with Crippen molar-refractivity contribution in [2.75, 3.05) is 10.6 Å². The summed E-state index contributed by atoms with van der Waals surface area (Å²) in [5.74, 6) is -0.321. The maximum Gasteiger partial charge on any atom is 0.257 e. The summed E-state index contributed by atoms with van der Waals surface area (Å²) in [5.41, 5.74) is 2.46. The fraction of sp³-hybridized carbons (Fsp3) is 0.0556. The summed E-state index contributed by atoms with van der Waals surface area (Å²) in [6, 6.07) is 12.3. The van der Waals surface area contributed by atoms with E-state index in [-0.39, 0.29) is 5.91 Å². The summed E-state index contributed by atoms with van der Waals surface area (Å²) in [5, 5.41) is 6.82. The van der Waals surface area contributed by atoms with Crippen molar-refractivity contribution >= 4 is 40.5 Å². The quantitative estimate of drug-likeness (QED) is 0.683. The largest absolute Gasteiger partial charge is 0.378 e. The first kappa shape index (κ1) is 17.2. The number of pyridine rings is 2. The highest BCUT2D eigenvalue weighted by Crippen LogP contribution is 2.26. The molecule has 0 aliphatic carbocycles. The number of amides is 1. The van der Waals surface area contributed by atoms with Crippen molar-refractivity contribution in [2.24, 2.45) is 0 Å². The van der Waals surface area contributed by atoms with E-state index in [0.717, 1.165) is 11.4 Å². The van der Waals surface area contributed by atoms with Gasteiger partial charge in [0.1, 0.15) is 0 Å². The van der Waals surface area contributed by atoms with Crippen LogP contribution in [-0.2, 0) is 6.54 Å². The normalized spacial score (nSPS) is 10.3. The van der Waals surface area contributed by atoms with Gasteiger partial charge >= 0.3 is 0 Å². The van der Waals surface area contributed by atoms with Crippen molar-refractivity contribution in [3.8, 4) is 0 Å². The van der Waals surface area contributed by atoms with Crippen molar-refractivity contribution in [3.63, 3.8) is 0 Å². The first-order valence-corrected chi connectivity index (χ1v) is 8.22. The maximum absolute atomic E-state index is 12.4. The number of carbonyl (C=O) groups excluding carboxylic acids is 1. The molecule has 0 unspecified atom stereocenters. The molecule has 0 radical (unpaired) electrons. The van der Waals surface area contributed by atoms with Crippen LogP contribution in [0, 0.1) is 0 Å². The van der Waals surface area contributed by atoms with Crippen LogP contribution in [0.2, 0.25) is 10.0 Å². The molecule has 0 atom stereocenters. The van der Waals surface area contributed by atoms with Gasteiger partial charge in [-0.1, -0.05) is 29.3 Å². The molecule has 3 aromatic rings. The van der Waals surface area contributed by atoms with Crippen LogP contribution in [-0.4, -0.2) is 15.9 Å². The molecular formula is C18H14Cl2N4O. The molecule has 7 heteroatoms. The molecule has 1 amide bonds. The molecule has 2 aromatic heterocycles. The summed E-state index contributed by atoms with van der Waals surface area (Å²) in [6.07, 6.45) is 4.86. The second-order valence-electron chi connectivity index (χ2n) is 5.22. The van der Waals surface area contributed by atoms with E-state index in [1.165, 1.54) is 6.20 Å². The Hall–Kier alpha value is -2.63. The SMILES string of the molecule is O=C(Nc1cc(Cl)ccc1Cl)c1cncc(NCc2ccccn2)c1. The lowest BCUT2D eigenvalue weighted by molar-refractivity contribution is 0.102. The van der Waals surface area contributed by atoms with E-state index < -0.39 is 0 Å². The van der Waals surface area contributed by atoms with Crippen LogP contribution in [0.25, 0.3) is 0 Å². The average molecular weight is 373 g/mol. The number of anilines is 2. The Morgan fingerprint density at radius 2 is 1.96 bits per heavy atom. The number of hydrogen-bond donors (Lipinski definition) is 2. The average Bonchev–Trinajstić information content (AvgIpc) is 2.64. The standard InChI is InChI=1S/C18H14Cl2N4O/c19-13-4-5-16(20)17(8-13)24-18(25)12-7-15(10-21-9-12)23-11-14-3-1-2-6-22-14/h1-10,23H,11H2,(H,24,25). The molecule has 3 rings (SSSR count). The molecule has 0 fully saturated rings. The van der Waals surface area contributed by atoms with Crippen LogP contribution < -0.4 is 10.6 Å². The zero-order chi connectivity index (χ0) is 17.6. The van der Waals surface area contributed by atoms with E-state index >= 15 is 0 Å². The summed E-state index contributed by atoms with van der Waals surface area (Å²) in [6.45, 7) is 0.535. The molecule has 0 spiro atoms. The Morgan fingerprint density at radius 3 is 2.76 bits per heavy atom. The number of aromatic nitrogens is 2. The van der Waals surface area contributed by atoms with Crippen LogP contribution in [0.4, 0.5) is 11.4 Å². The van der Waals surface area contributed by atoms with Gasteiger partial charge in [0.2, 0.25) is 0 Å². The number of nitrogens with zero attached hydrogens (tertiary/aromatic N) is 2. The molecule has 0 saturated heterocycles. The highest BCUT2D eigenvalue weighted by molar-refractivity contribution is 6.35. The van der Waals surface area contributed by atoms with E-state index in [4.69, 9.17) is 23.2 Å². The minimum atomic E-state index is -0.321. The first-order chi connectivity index (χ1) is 12.1. The Labute approximate surface area is 155 Å². The maximum atomic E-state index is 12.4. The summed E-state index contributed by atoms with van der Waals surface area (Å²) >= 11 is 12.0. The van der Waals surface area contributed by atoms with Crippen molar-refractivity contribution in [3.05, 3.63) is 82.4 Å². The van der Waals surface area contributed by atoms with Crippen LogP contribution in [0.5, 0.6) is 0 Å². The lowest BCUT2D eigenvalue weighted by Crippen LogP contribution is -2.13. The number of benzene rings is 1. The molecule has 1 aromatic carbocycles. The zero-order valence-electron chi connectivity index (χ0n) is 13.0. The predicted octanol–water partition coefficient (Wildman–Crippen LogP) is 4.65. The van der Waals surface area contributed by atoms with Gasteiger partial charge in [0, 0.05) is 23.6 Å². The molecule has 0 bridgehead atoms. The lowest BCUT2D eigenvalue weighted by Gasteiger charge is -2.09. The fourth-order valence-corrected chi connectivity index (χ4v) is 2.48. The second kappa shape index (κ2) is 7.96. The van der Waals surface area contributed by atoms with Crippen LogP contribution in [0.3, 0.4) is 0 Å². The van der Waals surface area contributed by atoms with Gasteiger partial charge in [-0.2, -0.15) is 0 Å². The molecule has 25 heavy (non-hydrogen) atoms. The van der Waals surface area contributed by atoms with Gasteiger partial charge in [-0.25, -0.2) is 0 Å². The van der Waals surface area contributed by atoms with Crippen molar-refractivity contribution in [1.82, 2.24) is 9.97 Å². The summed E-state index contributed by atoms with van der Waals surface area (Å²) < 4.78 is 0. The van der Waals surface area contributed by atoms with Crippen molar-refractivity contribution in [1.29, 1.82) is 0 Å². The predicted molar refractivity (Wildman–Crippen MR) is 100 cm³/mol. The molecule has 126 valence electrons. The molecule has 0 aliphatic heterocycles. The van der Waals surface area contributed by atoms with Gasteiger partial charge < -0.3 is 10.6 Å². The Balaban J connectivity index is 1.70. The van der Waals surface area contributed by atoms with Gasteiger partial charge in [-0.3, -0.25) is 14.8 Å². The van der Waals surface area contributed by atoms with Gasteiger partial charge in [0.05, 0.1) is 34.2 Å². The molecule has 0 saturated carbocycles. The zero-order valence-corrected chi connectivity index (χ0v) is 14.6. The number of hydrogen-bond acceptors (Lipinski definition) is 4. The minimum Gasteiger partial charge on any atom is -0.378 e. The van der Waals surface area contributed by atoms with E-state index in [2.05, 4.69) is 20.6 Å². The molecule has 0 aliphatic rings. The topological polar surface area (TPSA) is 66.9 Å². The van der Waals surface area contributed by atoms with Crippen molar-refractivity contribution in [2.45, 2.75) is 6.54 Å². The van der Waals surface area contributed by atoms with Crippen LogP contribution in [0.15, 0.2) is 61.1 Å². The third kappa shape index (κ3) is 4.68. The number of nitrogens with one attached hydrogen (secondary N) is 2. The monoisotopic (exact) mass is 372 g/mol. The Bertz CT molecular complexity index is 887. The number of halogens is 2. The second-order valence-corrected chi connectivity index (χ2v) is 6.06. The van der Waals surface area contributed by atoms with Gasteiger partial charge in [0.15, 0.2) is 0 Å². The first-order valence-electron chi connectivity index (χ1n) is 7.47. The van der Waals surface area contributed by atoms with Crippen LogP contribution >= 0.6 is 23.2 Å². The molecule has 2 N–H and O–H groups in total. The molecular weight excluding hydrogens is 359 g/mol. The third-order valence-corrected chi connectivity index (χ3v) is 3.94. The number of rotatable bonds is 5. The van der Waals surface area contributed by atoms with Gasteiger partial charge in [0.25, 0.3) is 5.91 Å². The highest BCUT2D eigenvalue weighted by Gasteiger charge is 2.10. The van der Waals surface area contributed by atoms with E-state index in [1.54, 1.807) is 36.7 Å². The molecule has 2 heterocycles. The van der Waals surface area contributed by atoms with Crippen LogP contribution in [0.1, 0.15) is 16.1 Å².